The van der Waals surface area contributed by atoms with Gasteiger partial charge in [0.1, 0.15) is 0 Å². The third-order valence-electron chi connectivity index (χ3n) is 5.63. The predicted octanol–water partition coefficient (Wildman–Crippen LogP) is 5.91. The van der Waals surface area contributed by atoms with Crippen LogP contribution in [0.1, 0.15) is 16.7 Å². The molecule has 0 saturated heterocycles. The molecule has 0 radical (unpaired) electrons. The van der Waals surface area contributed by atoms with Gasteiger partial charge < -0.3 is 24.7 Å². The molecule has 4 aromatic rings. The summed E-state index contributed by atoms with van der Waals surface area (Å²) in [5, 5.41) is 5.32. The zero-order valence-corrected chi connectivity index (χ0v) is 21.3. The van der Waals surface area contributed by atoms with Crippen molar-refractivity contribution < 1.29 is 9.47 Å². The normalized spacial score (nSPS) is 10.7. The SMILES string of the molecule is COc1cc2cc(CN(Cc3ccc(Cl)cc3)C(=S)Nc3cccc(C)c3)c(=O)[nH]c2cc1OC. The molecule has 0 unspecified atom stereocenters. The van der Waals surface area contributed by atoms with Crippen molar-refractivity contribution in [1.29, 1.82) is 0 Å². The van der Waals surface area contributed by atoms with Crippen LogP contribution >= 0.6 is 23.8 Å². The largest absolute Gasteiger partial charge is 0.493 e. The van der Waals surface area contributed by atoms with Crippen molar-refractivity contribution in [3.05, 3.63) is 98.8 Å². The number of benzene rings is 3. The molecule has 0 aliphatic rings. The lowest BCUT2D eigenvalue weighted by atomic mass is 10.1. The molecule has 0 bridgehead atoms. The van der Waals surface area contributed by atoms with Crippen LogP contribution in [0, 0.1) is 6.92 Å². The van der Waals surface area contributed by atoms with E-state index in [4.69, 9.17) is 33.3 Å². The minimum atomic E-state index is -0.191. The average Bonchev–Trinajstić information content (AvgIpc) is 2.84. The van der Waals surface area contributed by atoms with Gasteiger partial charge in [-0.1, -0.05) is 35.9 Å². The van der Waals surface area contributed by atoms with Crippen molar-refractivity contribution in [3.63, 3.8) is 0 Å². The van der Waals surface area contributed by atoms with Gasteiger partial charge in [0.05, 0.1) is 26.3 Å². The number of halogens is 1. The van der Waals surface area contributed by atoms with E-state index in [1.807, 2.05) is 72.5 Å². The second-order valence-electron chi connectivity index (χ2n) is 8.20. The Labute approximate surface area is 214 Å². The Kier molecular flexibility index (Phi) is 7.58. The van der Waals surface area contributed by atoms with E-state index in [1.165, 1.54) is 0 Å². The first-order valence-electron chi connectivity index (χ1n) is 11.0. The van der Waals surface area contributed by atoms with Gasteiger partial charge in [0.2, 0.25) is 0 Å². The number of pyridine rings is 1. The summed E-state index contributed by atoms with van der Waals surface area (Å²) in [4.78, 5) is 17.9. The molecule has 0 saturated carbocycles. The number of ether oxygens (including phenoxy) is 2. The summed E-state index contributed by atoms with van der Waals surface area (Å²) < 4.78 is 10.8. The Hall–Kier alpha value is -3.55. The van der Waals surface area contributed by atoms with E-state index >= 15 is 0 Å². The topological polar surface area (TPSA) is 66.6 Å². The fourth-order valence-corrected chi connectivity index (χ4v) is 4.21. The van der Waals surface area contributed by atoms with E-state index < -0.39 is 0 Å². The molecule has 0 fully saturated rings. The highest BCUT2D eigenvalue weighted by molar-refractivity contribution is 7.80. The highest BCUT2D eigenvalue weighted by Crippen LogP contribution is 2.31. The minimum Gasteiger partial charge on any atom is -0.493 e. The maximum absolute atomic E-state index is 13.0. The maximum Gasteiger partial charge on any atom is 0.253 e. The van der Waals surface area contributed by atoms with Gasteiger partial charge in [-0.2, -0.15) is 0 Å². The van der Waals surface area contributed by atoms with E-state index in [0.717, 1.165) is 22.2 Å². The lowest BCUT2D eigenvalue weighted by molar-refractivity contribution is 0.355. The third-order valence-corrected chi connectivity index (χ3v) is 6.24. The Balaban J connectivity index is 1.68. The van der Waals surface area contributed by atoms with Gasteiger partial charge in [0, 0.05) is 34.3 Å². The molecule has 0 aliphatic carbocycles. The summed E-state index contributed by atoms with van der Waals surface area (Å²) in [5.74, 6) is 1.14. The third kappa shape index (κ3) is 5.93. The molecule has 35 heavy (non-hydrogen) atoms. The standard InChI is InChI=1S/C27H26ClN3O3S/c1-17-5-4-6-22(11-17)29-27(35)31(15-18-7-9-21(28)10-8-18)16-20-12-19-13-24(33-2)25(34-3)14-23(19)30-26(20)32/h4-14H,15-16H2,1-3H3,(H,29,35)(H,30,32). The van der Waals surface area contributed by atoms with Crippen LogP contribution in [-0.4, -0.2) is 29.2 Å². The molecule has 0 aliphatic heterocycles. The summed E-state index contributed by atoms with van der Waals surface area (Å²) in [6, 6.07) is 21.0. The quantitative estimate of drug-likeness (QED) is 0.303. The molecule has 6 nitrogen and oxygen atoms in total. The van der Waals surface area contributed by atoms with Gasteiger partial charge >= 0.3 is 0 Å². The molecule has 4 rings (SSSR count). The zero-order chi connectivity index (χ0) is 24.9. The first-order valence-corrected chi connectivity index (χ1v) is 11.8. The number of nitrogens with zero attached hydrogens (tertiary/aromatic N) is 1. The van der Waals surface area contributed by atoms with Crippen molar-refractivity contribution in [2.75, 3.05) is 19.5 Å². The molecule has 2 N–H and O–H groups in total. The van der Waals surface area contributed by atoms with E-state index in [2.05, 4.69) is 10.3 Å². The number of thiocarbonyl (C=S) groups is 1. The number of H-pyrrole nitrogens is 1. The number of aryl methyl sites for hydroxylation is 1. The number of nitrogens with one attached hydrogen (secondary N) is 2. The second kappa shape index (κ2) is 10.8. The van der Waals surface area contributed by atoms with Gasteiger partial charge in [-0.05, 0) is 66.7 Å². The summed E-state index contributed by atoms with van der Waals surface area (Å²) in [5.41, 5.74) is 4.08. The molecule has 1 aromatic heterocycles. The summed E-state index contributed by atoms with van der Waals surface area (Å²) in [6.45, 7) is 2.83. The lowest BCUT2D eigenvalue weighted by Crippen LogP contribution is -2.35. The molecule has 1 heterocycles. The van der Waals surface area contributed by atoms with Crippen molar-refractivity contribution in [2.45, 2.75) is 20.0 Å². The highest BCUT2D eigenvalue weighted by atomic mass is 35.5. The fourth-order valence-electron chi connectivity index (χ4n) is 3.84. The fraction of sp³-hybridized carbons (Fsp3) is 0.185. The monoisotopic (exact) mass is 507 g/mol. The Morgan fingerprint density at radius 2 is 1.71 bits per heavy atom. The lowest BCUT2D eigenvalue weighted by Gasteiger charge is -2.26. The number of rotatable bonds is 7. The van der Waals surface area contributed by atoms with Crippen LogP contribution in [0.2, 0.25) is 5.02 Å². The van der Waals surface area contributed by atoms with Gasteiger partial charge in [-0.25, -0.2) is 0 Å². The average molecular weight is 508 g/mol. The van der Waals surface area contributed by atoms with E-state index in [1.54, 1.807) is 20.3 Å². The summed E-state index contributed by atoms with van der Waals surface area (Å²) >= 11 is 11.8. The van der Waals surface area contributed by atoms with Crippen LogP contribution in [0.4, 0.5) is 5.69 Å². The van der Waals surface area contributed by atoms with Gasteiger partial charge in [0.25, 0.3) is 5.56 Å². The van der Waals surface area contributed by atoms with Crippen LogP contribution < -0.4 is 20.3 Å². The number of anilines is 1. The molecule has 0 spiro atoms. The smallest absolute Gasteiger partial charge is 0.253 e. The molecule has 180 valence electrons. The summed E-state index contributed by atoms with van der Waals surface area (Å²) in [7, 11) is 3.15. The minimum absolute atomic E-state index is 0.191. The Morgan fingerprint density at radius 3 is 2.40 bits per heavy atom. The van der Waals surface area contributed by atoms with Crippen molar-refractivity contribution in [2.24, 2.45) is 0 Å². The summed E-state index contributed by atoms with van der Waals surface area (Å²) in [6.07, 6.45) is 0. The van der Waals surface area contributed by atoms with Crippen LogP contribution in [0.3, 0.4) is 0 Å². The maximum atomic E-state index is 13.0. The van der Waals surface area contributed by atoms with Crippen LogP contribution in [-0.2, 0) is 13.1 Å². The molecule has 8 heteroatoms. The van der Waals surface area contributed by atoms with Gasteiger partial charge in [0.15, 0.2) is 16.6 Å². The predicted molar refractivity (Wildman–Crippen MR) is 146 cm³/mol. The van der Waals surface area contributed by atoms with Crippen LogP contribution in [0.25, 0.3) is 10.9 Å². The van der Waals surface area contributed by atoms with E-state index in [-0.39, 0.29) is 5.56 Å². The van der Waals surface area contributed by atoms with Crippen LogP contribution in [0.15, 0.2) is 71.5 Å². The van der Waals surface area contributed by atoms with Crippen molar-refractivity contribution >= 4 is 45.5 Å². The molecular formula is C27H26ClN3O3S. The van der Waals surface area contributed by atoms with Gasteiger partial charge in [-0.15, -0.1) is 0 Å². The first-order chi connectivity index (χ1) is 16.9. The first kappa shape index (κ1) is 24.6. The molecule has 3 aromatic carbocycles. The van der Waals surface area contributed by atoms with Crippen molar-refractivity contribution in [1.82, 2.24) is 9.88 Å². The van der Waals surface area contributed by atoms with Crippen LogP contribution in [0.5, 0.6) is 11.5 Å². The number of hydrogen-bond donors (Lipinski definition) is 2. The van der Waals surface area contributed by atoms with E-state index in [9.17, 15) is 4.79 Å². The van der Waals surface area contributed by atoms with Gasteiger partial charge in [-0.3, -0.25) is 4.79 Å². The number of aromatic nitrogens is 1. The van der Waals surface area contributed by atoms with E-state index in [0.29, 0.717) is 45.8 Å². The Morgan fingerprint density at radius 1 is 1.00 bits per heavy atom. The molecule has 0 atom stereocenters. The molecule has 0 amide bonds. The number of methoxy groups -OCH3 is 2. The number of hydrogen-bond acceptors (Lipinski definition) is 4. The number of aromatic amines is 1. The number of fused-ring (bicyclic) bond motifs is 1. The molecular weight excluding hydrogens is 482 g/mol. The second-order valence-corrected chi connectivity index (χ2v) is 9.02. The van der Waals surface area contributed by atoms with Crippen molar-refractivity contribution in [3.8, 4) is 11.5 Å². The Bertz CT molecular complexity index is 1420. The highest BCUT2D eigenvalue weighted by Gasteiger charge is 2.16. The zero-order valence-electron chi connectivity index (χ0n) is 19.7.